The molecule has 4 rings (SSSR count). The lowest BCUT2D eigenvalue weighted by Crippen LogP contribution is -2.37. The van der Waals surface area contributed by atoms with Gasteiger partial charge in [-0.3, -0.25) is 4.79 Å². The highest BCUT2D eigenvalue weighted by Gasteiger charge is 2.33. The lowest BCUT2D eigenvalue weighted by Gasteiger charge is -2.21. The van der Waals surface area contributed by atoms with Gasteiger partial charge >= 0.3 is 0 Å². The van der Waals surface area contributed by atoms with Crippen molar-refractivity contribution in [2.45, 2.75) is 57.8 Å². The quantitative estimate of drug-likeness (QED) is 0.543. The molecule has 32 heavy (non-hydrogen) atoms. The molecule has 0 saturated carbocycles. The van der Waals surface area contributed by atoms with Crippen molar-refractivity contribution in [2.75, 3.05) is 6.54 Å². The molecule has 1 aliphatic heterocycles. The molecule has 4 atom stereocenters. The second-order valence-corrected chi connectivity index (χ2v) is 8.72. The van der Waals surface area contributed by atoms with Crippen LogP contribution in [-0.2, 0) is 16.0 Å². The van der Waals surface area contributed by atoms with Crippen LogP contribution in [0.3, 0.4) is 0 Å². The van der Waals surface area contributed by atoms with E-state index in [9.17, 15) is 4.79 Å². The highest BCUT2D eigenvalue weighted by molar-refractivity contribution is 5.78. The van der Waals surface area contributed by atoms with E-state index in [0.29, 0.717) is 6.54 Å². The summed E-state index contributed by atoms with van der Waals surface area (Å²) < 4.78 is 8.19. The van der Waals surface area contributed by atoms with Crippen molar-refractivity contribution >= 4 is 5.91 Å². The lowest BCUT2D eigenvalue weighted by molar-refractivity contribution is -0.129. The molecule has 1 saturated heterocycles. The van der Waals surface area contributed by atoms with Crippen LogP contribution in [0, 0.1) is 5.92 Å². The van der Waals surface area contributed by atoms with Gasteiger partial charge in [-0.05, 0) is 38.2 Å². The van der Waals surface area contributed by atoms with Crippen molar-refractivity contribution in [3.63, 3.8) is 0 Å². The maximum Gasteiger partial charge on any atom is 0.225 e. The number of hydrogen-bond donors (Lipinski definition) is 1. The Hall–Kier alpha value is -2.99. The van der Waals surface area contributed by atoms with Gasteiger partial charge in [0.05, 0.1) is 30.4 Å². The highest BCUT2D eigenvalue weighted by Crippen LogP contribution is 2.30. The minimum absolute atomic E-state index is 0.0282. The van der Waals surface area contributed by atoms with Gasteiger partial charge in [-0.25, -0.2) is 4.68 Å². The van der Waals surface area contributed by atoms with Gasteiger partial charge in [0.25, 0.3) is 0 Å². The second-order valence-electron chi connectivity index (χ2n) is 8.72. The van der Waals surface area contributed by atoms with E-state index >= 15 is 0 Å². The van der Waals surface area contributed by atoms with Crippen LogP contribution in [0.5, 0.6) is 0 Å². The van der Waals surface area contributed by atoms with E-state index in [1.807, 2.05) is 66.3 Å². The zero-order valence-corrected chi connectivity index (χ0v) is 18.9. The molecule has 1 amide bonds. The van der Waals surface area contributed by atoms with Crippen LogP contribution in [-0.4, -0.2) is 39.7 Å². The Kier molecular flexibility index (Phi) is 7.32. The van der Waals surface area contributed by atoms with Crippen LogP contribution in [0.4, 0.5) is 0 Å². The third-order valence-electron chi connectivity index (χ3n) is 6.30. The predicted molar refractivity (Wildman–Crippen MR) is 125 cm³/mol. The molecule has 0 unspecified atom stereocenters. The predicted octanol–water partition coefficient (Wildman–Crippen LogP) is 4.44. The molecule has 1 fully saturated rings. The number of amides is 1. The normalized spacial score (nSPS) is 20.1. The Morgan fingerprint density at radius 2 is 1.81 bits per heavy atom. The van der Waals surface area contributed by atoms with E-state index in [1.54, 1.807) is 0 Å². The van der Waals surface area contributed by atoms with Crippen LogP contribution in [0.2, 0.25) is 0 Å². The zero-order valence-electron chi connectivity index (χ0n) is 18.9. The summed E-state index contributed by atoms with van der Waals surface area (Å²) in [7, 11) is 0. The molecule has 0 aliphatic carbocycles. The molecular formula is C26H32N4O2. The van der Waals surface area contributed by atoms with Crippen LogP contribution in [0.1, 0.15) is 44.7 Å². The number of nitrogens with one attached hydrogen (secondary N) is 1. The van der Waals surface area contributed by atoms with Crippen molar-refractivity contribution in [1.29, 1.82) is 0 Å². The molecule has 2 heterocycles. The van der Waals surface area contributed by atoms with E-state index in [2.05, 4.69) is 34.7 Å². The second kappa shape index (κ2) is 10.6. The van der Waals surface area contributed by atoms with Crippen molar-refractivity contribution in [3.05, 3.63) is 72.4 Å². The molecule has 6 nitrogen and oxygen atoms in total. The van der Waals surface area contributed by atoms with Crippen molar-refractivity contribution in [1.82, 2.24) is 20.3 Å². The number of nitrogens with zero attached hydrogens (tertiary/aromatic N) is 3. The van der Waals surface area contributed by atoms with E-state index in [1.165, 1.54) is 5.56 Å². The molecule has 1 aromatic heterocycles. The number of carbonyl (C=O) groups excluding carboxylic acids is 1. The molecule has 0 spiro atoms. The van der Waals surface area contributed by atoms with Gasteiger partial charge < -0.3 is 10.1 Å². The van der Waals surface area contributed by atoms with Gasteiger partial charge in [-0.2, -0.15) is 0 Å². The first-order valence-electron chi connectivity index (χ1n) is 11.5. The average Bonchev–Trinajstić information content (AvgIpc) is 3.50. The van der Waals surface area contributed by atoms with Crippen molar-refractivity contribution in [2.24, 2.45) is 5.92 Å². The lowest BCUT2D eigenvalue weighted by atomic mass is 10.00. The first-order valence-corrected chi connectivity index (χ1v) is 11.5. The third kappa shape index (κ3) is 5.62. The molecule has 168 valence electrons. The summed E-state index contributed by atoms with van der Waals surface area (Å²) >= 11 is 0. The summed E-state index contributed by atoms with van der Waals surface area (Å²) in [6.07, 6.45) is 5.69. The van der Waals surface area contributed by atoms with Gasteiger partial charge in [0.2, 0.25) is 5.91 Å². The molecule has 3 aromatic rings. The van der Waals surface area contributed by atoms with Gasteiger partial charge in [-0.1, -0.05) is 72.8 Å². The largest absolute Gasteiger partial charge is 0.374 e. The molecule has 2 aromatic carbocycles. The summed E-state index contributed by atoms with van der Waals surface area (Å²) in [4.78, 5) is 12.6. The van der Waals surface area contributed by atoms with E-state index in [-0.39, 0.29) is 30.1 Å². The first kappa shape index (κ1) is 22.2. The standard InChI is InChI=1S/C26H32N4O2/c1-19(30-18-24(28-29-30)22-11-7-4-8-12-22)17-23-13-14-25(32-23)20(2)26(31)27-16-15-21-9-5-3-6-10-21/h3-12,18-20,23,25H,13-17H2,1-2H3,(H,27,31)/t19-,20+,23-,25+/m1/s1. The van der Waals surface area contributed by atoms with Crippen LogP contribution in [0.15, 0.2) is 66.9 Å². The monoisotopic (exact) mass is 432 g/mol. The van der Waals surface area contributed by atoms with Gasteiger partial charge in [0.1, 0.15) is 5.69 Å². The van der Waals surface area contributed by atoms with Crippen molar-refractivity contribution in [3.8, 4) is 11.3 Å². The van der Waals surface area contributed by atoms with Crippen LogP contribution >= 0.6 is 0 Å². The maximum atomic E-state index is 12.6. The Balaban J connectivity index is 1.23. The zero-order chi connectivity index (χ0) is 22.3. The summed E-state index contributed by atoms with van der Waals surface area (Å²) in [5.41, 5.74) is 3.17. The first-order chi connectivity index (χ1) is 15.6. The summed E-state index contributed by atoms with van der Waals surface area (Å²) in [6.45, 7) is 4.76. The Bertz CT molecular complexity index is 989. The minimum Gasteiger partial charge on any atom is -0.374 e. The smallest absolute Gasteiger partial charge is 0.225 e. The van der Waals surface area contributed by atoms with Gasteiger partial charge in [0.15, 0.2) is 0 Å². The van der Waals surface area contributed by atoms with Crippen LogP contribution < -0.4 is 5.32 Å². The van der Waals surface area contributed by atoms with Gasteiger partial charge in [-0.15, -0.1) is 5.10 Å². The Morgan fingerprint density at radius 1 is 1.09 bits per heavy atom. The maximum absolute atomic E-state index is 12.6. The minimum atomic E-state index is -0.151. The number of hydrogen-bond acceptors (Lipinski definition) is 4. The van der Waals surface area contributed by atoms with E-state index < -0.39 is 0 Å². The van der Waals surface area contributed by atoms with E-state index in [0.717, 1.165) is 36.9 Å². The third-order valence-corrected chi connectivity index (χ3v) is 6.30. The fraction of sp³-hybridized carbons (Fsp3) is 0.423. The topological polar surface area (TPSA) is 69.0 Å². The fourth-order valence-electron chi connectivity index (χ4n) is 4.30. The van der Waals surface area contributed by atoms with Gasteiger partial charge in [0, 0.05) is 12.1 Å². The molecular weight excluding hydrogens is 400 g/mol. The SMILES string of the molecule is C[C@H](C(=O)NCCc1ccccc1)[C@@H]1CC[C@H](C[C@@H](C)n2cc(-c3ccccc3)nn2)O1. The van der Waals surface area contributed by atoms with Crippen LogP contribution in [0.25, 0.3) is 11.3 Å². The molecule has 1 N–H and O–H groups in total. The summed E-state index contributed by atoms with van der Waals surface area (Å²) in [6, 6.07) is 20.5. The molecule has 0 radical (unpaired) electrons. The molecule has 6 heteroatoms. The summed E-state index contributed by atoms with van der Waals surface area (Å²) in [5.74, 6) is -0.0782. The fourth-order valence-corrected chi connectivity index (χ4v) is 4.30. The molecule has 1 aliphatic rings. The van der Waals surface area contributed by atoms with E-state index in [4.69, 9.17) is 4.74 Å². The summed E-state index contributed by atoms with van der Waals surface area (Å²) in [5, 5.41) is 11.7. The number of benzene rings is 2. The average molecular weight is 433 g/mol. The molecule has 0 bridgehead atoms. The van der Waals surface area contributed by atoms with Crippen molar-refractivity contribution < 1.29 is 9.53 Å². The Labute approximate surface area is 190 Å². The number of carbonyl (C=O) groups is 1. The number of aromatic nitrogens is 3. The highest BCUT2D eigenvalue weighted by atomic mass is 16.5. The number of rotatable bonds is 9. The Morgan fingerprint density at radius 3 is 2.56 bits per heavy atom. The number of ether oxygens (including phenoxy) is 1.